The summed E-state index contributed by atoms with van der Waals surface area (Å²) in [5.74, 6) is -0.218. The highest BCUT2D eigenvalue weighted by Gasteiger charge is 2.49. The van der Waals surface area contributed by atoms with Crippen molar-refractivity contribution in [2.75, 3.05) is 0 Å². The maximum Gasteiger partial charge on any atom is 0.325 e. The Morgan fingerprint density at radius 2 is 1.92 bits per heavy atom. The van der Waals surface area contributed by atoms with Gasteiger partial charge in [-0.2, -0.15) is 0 Å². The third-order valence-electron chi connectivity index (χ3n) is 4.50. The van der Waals surface area contributed by atoms with E-state index in [1.54, 1.807) is 6.92 Å². The van der Waals surface area contributed by atoms with Gasteiger partial charge in [0.2, 0.25) is 0 Å². The molecule has 0 spiro atoms. The summed E-state index contributed by atoms with van der Waals surface area (Å²) in [6.07, 6.45) is 0. The average molecular weight is 343 g/mol. The Hall–Kier alpha value is -2.21. The summed E-state index contributed by atoms with van der Waals surface area (Å²) in [5, 5.41) is 3.81. The molecule has 1 N–H and O–H groups in total. The summed E-state index contributed by atoms with van der Waals surface area (Å²) in [7, 11) is 0. The number of hydrogen-bond acceptors (Lipinski definition) is 4. The molecule has 1 atom stereocenters. The summed E-state index contributed by atoms with van der Waals surface area (Å²) >= 11 is 1.52. The number of aromatic nitrogens is 1. The molecule has 1 unspecified atom stereocenters. The van der Waals surface area contributed by atoms with E-state index in [1.165, 1.54) is 16.2 Å². The fourth-order valence-electron chi connectivity index (χ4n) is 3.26. The second kappa shape index (κ2) is 5.70. The summed E-state index contributed by atoms with van der Waals surface area (Å²) in [6, 6.07) is 5.56. The minimum absolute atomic E-state index is 0.218. The van der Waals surface area contributed by atoms with Crippen molar-refractivity contribution in [3.63, 3.8) is 0 Å². The quantitative estimate of drug-likeness (QED) is 0.870. The fourth-order valence-corrected chi connectivity index (χ4v) is 4.19. The Morgan fingerprint density at radius 1 is 1.21 bits per heavy atom. The monoisotopic (exact) mass is 343 g/mol. The molecule has 1 saturated heterocycles. The smallest absolute Gasteiger partial charge is 0.319 e. The van der Waals surface area contributed by atoms with Crippen LogP contribution in [0.1, 0.15) is 39.2 Å². The van der Waals surface area contributed by atoms with Crippen LogP contribution < -0.4 is 5.32 Å². The second-order valence-electron chi connectivity index (χ2n) is 6.51. The number of imide groups is 1. The number of carbonyl (C=O) groups is 2. The highest BCUT2D eigenvalue weighted by molar-refractivity contribution is 7.11. The van der Waals surface area contributed by atoms with Gasteiger partial charge in [0.15, 0.2) is 0 Å². The van der Waals surface area contributed by atoms with Gasteiger partial charge in [-0.25, -0.2) is 9.78 Å². The van der Waals surface area contributed by atoms with E-state index in [9.17, 15) is 9.59 Å². The number of rotatable bonds is 3. The molecule has 1 fully saturated rings. The van der Waals surface area contributed by atoms with E-state index in [1.807, 2.05) is 45.9 Å². The van der Waals surface area contributed by atoms with Crippen molar-refractivity contribution in [1.82, 2.24) is 15.2 Å². The molecule has 126 valence electrons. The maximum atomic E-state index is 13.0. The Labute approximate surface area is 145 Å². The predicted molar refractivity (Wildman–Crippen MR) is 93.9 cm³/mol. The third kappa shape index (κ3) is 2.60. The zero-order chi connectivity index (χ0) is 17.6. The predicted octanol–water partition coefficient (Wildman–Crippen LogP) is 3.34. The largest absolute Gasteiger partial charge is 0.325 e. The number of amides is 3. The van der Waals surface area contributed by atoms with Crippen LogP contribution >= 0.6 is 11.3 Å². The molecule has 0 saturated carbocycles. The van der Waals surface area contributed by atoms with Gasteiger partial charge in [-0.05, 0) is 45.7 Å². The lowest BCUT2D eigenvalue weighted by molar-refractivity contribution is -0.131. The van der Waals surface area contributed by atoms with E-state index in [0.29, 0.717) is 0 Å². The molecule has 3 rings (SSSR count). The van der Waals surface area contributed by atoms with Crippen LogP contribution in [0.15, 0.2) is 18.2 Å². The first kappa shape index (κ1) is 16.6. The molecule has 0 radical (unpaired) electrons. The van der Waals surface area contributed by atoms with Gasteiger partial charge < -0.3 is 5.32 Å². The number of carbonyl (C=O) groups excluding carboxylic acids is 2. The SMILES string of the molecule is Cc1ccc(C2(C)NC(=O)N(Cc3sc(C)nc3C)C2=O)c(C)c1. The molecular formula is C18H21N3O2S. The van der Waals surface area contributed by atoms with Gasteiger partial charge in [-0.1, -0.05) is 23.8 Å². The molecule has 24 heavy (non-hydrogen) atoms. The lowest BCUT2D eigenvalue weighted by atomic mass is 9.87. The van der Waals surface area contributed by atoms with E-state index in [4.69, 9.17) is 0 Å². The lowest BCUT2D eigenvalue weighted by Gasteiger charge is -2.24. The maximum absolute atomic E-state index is 13.0. The molecule has 3 amide bonds. The van der Waals surface area contributed by atoms with Crippen molar-refractivity contribution in [1.29, 1.82) is 0 Å². The van der Waals surface area contributed by atoms with Crippen molar-refractivity contribution in [2.45, 2.75) is 46.7 Å². The van der Waals surface area contributed by atoms with Gasteiger partial charge in [-0.15, -0.1) is 11.3 Å². The summed E-state index contributed by atoms with van der Waals surface area (Å²) in [5.41, 5.74) is 2.81. The second-order valence-corrected chi connectivity index (χ2v) is 7.79. The van der Waals surface area contributed by atoms with Crippen molar-refractivity contribution < 1.29 is 9.59 Å². The van der Waals surface area contributed by atoms with Crippen molar-refractivity contribution in [2.24, 2.45) is 0 Å². The molecular weight excluding hydrogens is 322 g/mol. The van der Waals surface area contributed by atoms with Gasteiger partial charge in [0.25, 0.3) is 5.91 Å². The topological polar surface area (TPSA) is 62.3 Å². The van der Waals surface area contributed by atoms with E-state index in [2.05, 4.69) is 10.3 Å². The first-order chi connectivity index (χ1) is 11.2. The third-order valence-corrected chi connectivity index (χ3v) is 5.55. The number of nitrogens with zero attached hydrogens (tertiary/aromatic N) is 2. The van der Waals surface area contributed by atoms with E-state index in [-0.39, 0.29) is 18.5 Å². The highest BCUT2D eigenvalue weighted by atomic mass is 32.1. The number of aryl methyl sites for hydroxylation is 4. The van der Waals surface area contributed by atoms with Crippen LogP contribution in [0.2, 0.25) is 0 Å². The molecule has 0 bridgehead atoms. The number of hydrogen-bond donors (Lipinski definition) is 1. The molecule has 0 aliphatic carbocycles. The number of thiazole rings is 1. The molecule has 6 heteroatoms. The van der Waals surface area contributed by atoms with Crippen molar-refractivity contribution in [3.05, 3.63) is 50.5 Å². The number of urea groups is 1. The van der Waals surface area contributed by atoms with Gasteiger partial charge in [-0.3, -0.25) is 9.69 Å². The molecule has 2 aromatic rings. The van der Waals surface area contributed by atoms with Gasteiger partial charge >= 0.3 is 6.03 Å². The molecule has 5 nitrogen and oxygen atoms in total. The summed E-state index contributed by atoms with van der Waals surface area (Å²) in [6.45, 7) is 9.84. The molecule has 1 aliphatic heterocycles. The highest BCUT2D eigenvalue weighted by Crippen LogP contribution is 2.33. The van der Waals surface area contributed by atoms with Crippen LogP contribution in [0.3, 0.4) is 0 Å². The van der Waals surface area contributed by atoms with Crippen LogP contribution in [0.4, 0.5) is 4.79 Å². The normalized spacial score (nSPS) is 20.6. The minimum atomic E-state index is -1.03. The van der Waals surface area contributed by atoms with Gasteiger partial charge in [0, 0.05) is 4.88 Å². The van der Waals surface area contributed by atoms with E-state index < -0.39 is 5.54 Å². The summed E-state index contributed by atoms with van der Waals surface area (Å²) in [4.78, 5) is 32.1. The first-order valence-electron chi connectivity index (χ1n) is 7.87. The molecule has 1 aliphatic rings. The lowest BCUT2D eigenvalue weighted by Crippen LogP contribution is -2.41. The zero-order valence-electron chi connectivity index (χ0n) is 14.6. The zero-order valence-corrected chi connectivity index (χ0v) is 15.4. The van der Waals surface area contributed by atoms with Gasteiger partial charge in [0.05, 0.1) is 17.2 Å². The fraction of sp³-hybridized carbons (Fsp3) is 0.389. The minimum Gasteiger partial charge on any atom is -0.319 e. The van der Waals surface area contributed by atoms with Crippen LogP contribution in [0.25, 0.3) is 0 Å². The van der Waals surface area contributed by atoms with Crippen LogP contribution in [0.5, 0.6) is 0 Å². The van der Waals surface area contributed by atoms with Crippen LogP contribution in [-0.2, 0) is 16.9 Å². The molecule has 1 aromatic carbocycles. The average Bonchev–Trinajstić information content (AvgIpc) is 2.90. The Bertz CT molecular complexity index is 843. The van der Waals surface area contributed by atoms with Crippen molar-refractivity contribution in [3.8, 4) is 0 Å². The number of benzene rings is 1. The first-order valence-corrected chi connectivity index (χ1v) is 8.69. The summed E-state index contributed by atoms with van der Waals surface area (Å²) < 4.78 is 0. The van der Waals surface area contributed by atoms with E-state index in [0.717, 1.165) is 32.3 Å². The van der Waals surface area contributed by atoms with Crippen LogP contribution in [-0.4, -0.2) is 21.8 Å². The van der Waals surface area contributed by atoms with E-state index >= 15 is 0 Å². The van der Waals surface area contributed by atoms with Gasteiger partial charge in [0.1, 0.15) is 5.54 Å². The van der Waals surface area contributed by atoms with Crippen LogP contribution in [0, 0.1) is 27.7 Å². The Morgan fingerprint density at radius 3 is 2.50 bits per heavy atom. The number of nitrogens with one attached hydrogen (secondary N) is 1. The Kier molecular flexibility index (Phi) is 3.95. The Balaban J connectivity index is 1.94. The van der Waals surface area contributed by atoms with Crippen molar-refractivity contribution >= 4 is 23.3 Å². The molecule has 1 aromatic heterocycles. The molecule has 2 heterocycles. The standard InChI is InChI=1S/C18H21N3O2S/c1-10-6-7-14(11(2)8-10)18(5)16(22)21(17(23)20-18)9-15-12(3)19-13(4)24-15/h6-8H,9H2,1-5H3,(H,20,23).